The van der Waals surface area contributed by atoms with Gasteiger partial charge in [0, 0.05) is 4.50 Å². The normalized spacial score (nSPS) is 12.8. The van der Waals surface area contributed by atoms with Crippen LogP contribution in [0.3, 0.4) is 0 Å². The predicted octanol–water partition coefficient (Wildman–Crippen LogP) is 9.35. The maximum atomic E-state index is 12.8. The zero-order valence-electron chi connectivity index (χ0n) is 22.0. The van der Waals surface area contributed by atoms with E-state index in [2.05, 4.69) is 38.9 Å². The Labute approximate surface area is 204 Å². The first kappa shape index (κ1) is 29.4. The molecule has 0 aliphatic heterocycles. The van der Waals surface area contributed by atoms with Gasteiger partial charge >= 0.3 is 5.97 Å². The summed E-state index contributed by atoms with van der Waals surface area (Å²) in [5.41, 5.74) is 0.833. The molecule has 186 valence electrons. The number of thiophene rings is 1. The van der Waals surface area contributed by atoms with Crippen molar-refractivity contribution in [2.24, 2.45) is 5.92 Å². The minimum Gasteiger partial charge on any atom is -0.462 e. The van der Waals surface area contributed by atoms with Gasteiger partial charge in [-0.2, -0.15) is 11.3 Å². The van der Waals surface area contributed by atoms with E-state index in [1.807, 2.05) is 6.07 Å². The number of ether oxygens (including phenoxy) is 1. The Balaban J connectivity index is 2.44. The number of carbonyl (C=O) groups is 1. The highest BCUT2D eigenvalue weighted by molar-refractivity contribution is 7.25. The van der Waals surface area contributed by atoms with E-state index in [1.54, 1.807) is 11.3 Å². The second-order valence-corrected chi connectivity index (χ2v) is 17.0. The fraction of sp³-hybridized carbons (Fsp3) is 0.821. The van der Waals surface area contributed by atoms with Crippen molar-refractivity contribution in [2.75, 3.05) is 6.61 Å². The number of hydrogen-bond donors (Lipinski definition) is 0. The van der Waals surface area contributed by atoms with Crippen LogP contribution in [0.15, 0.2) is 11.4 Å². The third-order valence-corrected chi connectivity index (χ3v) is 11.0. The fourth-order valence-electron chi connectivity index (χ4n) is 4.41. The highest BCUT2D eigenvalue weighted by atomic mass is 32.1. The number of rotatable bonds is 20. The number of hydrogen-bond acceptors (Lipinski definition) is 3. The van der Waals surface area contributed by atoms with Crippen LogP contribution in [0.4, 0.5) is 0 Å². The molecule has 1 atom stereocenters. The van der Waals surface area contributed by atoms with E-state index in [0.717, 1.165) is 5.56 Å². The lowest BCUT2D eigenvalue weighted by Gasteiger charge is -2.19. The summed E-state index contributed by atoms with van der Waals surface area (Å²) in [7, 11) is -1.51. The summed E-state index contributed by atoms with van der Waals surface area (Å²) in [6.07, 6.45) is 21.3. The van der Waals surface area contributed by atoms with E-state index < -0.39 is 8.07 Å². The van der Waals surface area contributed by atoms with Gasteiger partial charge < -0.3 is 4.74 Å². The van der Waals surface area contributed by atoms with Gasteiger partial charge in [0.2, 0.25) is 0 Å². The number of esters is 1. The van der Waals surface area contributed by atoms with Gasteiger partial charge in [-0.1, -0.05) is 123 Å². The summed E-state index contributed by atoms with van der Waals surface area (Å²) in [5, 5.41) is 2.05. The van der Waals surface area contributed by atoms with Gasteiger partial charge in [-0.25, -0.2) is 4.79 Å². The van der Waals surface area contributed by atoms with Crippen LogP contribution in [0.1, 0.15) is 127 Å². The first-order valence-corrected chi connectivity index (χ1v) is 18.0. The second-order valence-electron chi connectivity index (χ2n) is 10.7. The molecule has 0 saturated carbocycles. The van der Waals surface area contributed by atoms with Crippen molar-refractivity contribution in [2.45, 2.75) is 136 Å². The van der Waals surface area contributed by atoms with E-state index in [4.69, 9.17) is 4.74 Å². The fourth-order valence-corrected chi connectivity index (χ4v) is 7.64. The van der Waals surface area contributed by atoms with Gasteiger partial charge in [-0.3, -0.25) is 0 Å². The molecular formula is C28H52O2SSi. The Hall–Kier alpha value is -0.613. The van der Waals surface area contributed by atoms with Gasteiger partial charge in [0.05, 0.1) is 20.2 Å². The molecule has 0 aliphatic carbocycles. The van der Waals surface area contributed by atoms with Gasteiger partial charge in [-0.15, -0.1) is 0 Å². The molecule has 1 unspecified atom stereocenters. The minimum absolute atomic E-state index is 0.0902. The molecule has 0 radical (unpaired) electrons. The molecule has 0 amide bonds. The molecule has 1 aromatic rings. The lowest BCUT2D eigenvalue weighted by atomic mass is 9.94. The molecule has 0 spiro atoms. The summed E-state index contributed by atoms with van der Waals surface area (Å²) in [6, 6.07) is 1.97. The van der Waals surface area contributed by atoms with E-state index in [0.29, 0.717) is 12.5 Å². The van der Waals surface area contributed by atoms with Crippen LogP contribution in [-0.4, -0.2) is 20.7 Å². The van der Waals surface area contributed by atoms with Crippen molar-refractivity contribution in [1.29, 1.82) is 0 Å². The van der Waals surface area contributed by atoms with E-state index in [9.17, 15) is 4.79 Å². The molecule has 4 heteroatoms. The van der Waals surface area contributed by atoms with Crippen molar-refractivity contribution in [3.05, 3.63) is 17.0 Å². The van der Waals surface area contributed by atoms with E-state index >= 15 is 0 Å². The van der Waals surface area contributed by atoms with Gasteiger partial charge in [0.15, 0.2) is 0 Å². The highest BCUT2D eigenvalue weighted by Crippen LogP contribution is 2.21. The van der Waals surface area contributed by atoms with Crippen LogP contribution >= 0.6 is 11.3 Å². The maximum Gasteiger partial charge on any atom is 0.338 e. The summed E-state index contributed by atoms with van der Waals surface area (Å²) < 4.78 is 7.17. The molecule has 0 aromatic carbocycles. The number of unbranched alkanes of at least 4 members (excludes halogenated alkanes) is 12. The summed E-state index contributed by atoms with van der Waals surface area (Å²) in [5.74, 6) is 0.437. The highest BCUT2D eigenvalue weighted by Gasteiger charge is 2.26. The van der Waals surface area contributed by atoms with E-state index in [1.165, 1.54) is 107 Å². The Morgan fingerprint density at radius 2 is 1.28 bits per heavy atom. The maximum absolute atomic E-state index is 12.8. The Kier molecular flexibility index (Phi) is 16.4. The topological polar surface area (TPSA) is 26.3 Å². The quantitative estimate of drug-likeness (QED) is 0.105. The van der Waals surface area contributed by atoms with Crippen molar-refractivity contribution >= 4 is 29.9 Å². The zero-order chi connectivity index (χ0) is 23.7. The van der Waals surface area contributed by atoms with Crippen molar-refractivity contribution in [3.63, 3.8) is 0 Å². The monoisotopic (exact) mass is 480 g/mol. The van der Waals surface area contributed by atoms with Gasteiger partial charge in [0.1, 0.15) is 0 Å². The second kappa shape index (κ2) is 17.8. The average Bonchev–Trinajstić information content (AvgIpc) is 3.26. The molecule has 0 fully saturated rings. The smallest absolute Gasteiger partial charge is 0.338 e. The molecule has 1 aromatic heterocycles. The zero-order valence-corrected chi connectivity index (χ0v) is 23.8. The van der Waals surface area contributed by atoms with Crippen molar-refractivity contribution in [1.82, 2.24) is 0 Å². The largest absolute Gasteiger partial charge is 0.462 e. The summed E-state index contributed by atoms with van der Waals surface area (Å²) in [4.78, 5) is 12.8. The Bertz CT molecular complexity index is 590. The predicted molar refractivity (Wildman–Crippen MR) is 146 cm³/mol. The third kappa shape index (κ3) is 13.2. The van der Waals surface area contributed by atoms with E-state index in [-0.39, 0.29) is 5.97 Å². The summed E-state index contributed by atoms with van der Waals surface area (Å²) >= 11 is 1.73. The van der Waals surface area contributed by atoms with Gasteiger partial charge in [0.25, 0.3) is 0 Å². The first-order valence-electron chi connectivity index (χ1n) is 13.6. The molecule has 0 N–H and O–H groups in total. The van der Waals surface area contributed by atoms with Crippen LogP contribution in [0, 0.1) is 5.92 Å². The first-order chi connectivity index (χ1) is 15.4. The van der Waals surface area contributed by atoms with Crippen molar-refractivity contribution in [3.8, 4) is 0 Å². The summed E-state index contributed by atoms with van der Waals surface area (Å²) in [6.45, 7) is 12.1. The number of carbonyl (C=O) groups excluding carboxylic acids is 1. The molecular weight excluding hydrogens is 428 g/mol. The van der Waals surface area contributed by atoms with Crippen LogP contribution in [0.25, 0.3) is 0 Å². The average molecular weight is 481 g/mol. The molecule has 2 nitrogen and oxygen atoms in total. The van der Waals surface area contributed by atoms with Crippen molar-refractivity contribution < 1.29 is 9.53 Å². The molecule has 0 aliphatic rings. The van der Waals surface area contributed by atoms with Crippen LogP contribution in [0.5, 0.6) is 0 Å². The standard InChI is InChI=1S/C28H52O2SSi/c1-6-8-10-12-14-15-17-19-21-25(20-18-16-13-11-9-7-2)24-30-27(29)26-22-23-31-28(26)32(3,4)5/h22-23,25H,6-21,24H2,1-5H3. The molecule has 0 saturated heterocycles. The molecule has 1 heterocycles. The molecule has 32 heavy (non-hydrogen) atoms. The third-order valence-electron chi connectivity index (χ3n) is 6.45. The lowest BCUT2D eigenvalue weighted by molar-refractivity contribution is 0.0424. The SMILES string of the molecule is CCCCCCCCCCC(CCCCCCCC)COC(=O)c1ccsc1[Si](C)(C)C. The van der Waals surface area contributed by atoms with Gasteiger partial charge in [-0.05, 0) is 30.2 Å². The molecule has 0 bridgehead atoms. The Morgan fingerprint density at radius 3 is 1.75 bits per heavy atom. The minimum atomic E-state index is -1.51. The van der Waals surface area contributed by atoms with Crippen LogP contribution in [0.2, 0.25) is 19.6 Å². The Morgan fingerprint density at radius 1 is 0.812 bits per heavy atom. The van der Waals surface area contributed by atoms with Crippen LogP contribution in [-0.2, 0) is 4.74 Å². The lowest BCUT2D eigenvalue weighted by Crippen LogP contribution is -2.39. The van der Waals surface area contributed by atoms with Crippen LogP contribution < -0.4 is 4.50 Å². The molecule has 1 rings (SSSR count).